The SMILES string of the molecule is CC(C)(c1cncc(Br)c1)C(O)C(=O)O. The first-order chi connectivity index (χ1) is 6.85. The summed E-state index contributed by atoms with van der Waals surface area (Å²) in [4.78, 5) is 14.7. The number of aliphatic hydroxyl groups is 1. The average Bonchev–Trinajstić information content (AvgIpc) is 2.16. The van der Waals surface area contributed by atoms with E-state index in [-0.39, 0.29) is 0 Å². The van der Waals surface area contributed by atoms with E-state index >= 15 is 0 Å². The minimum Gasteiger partial charge on any atom is -0.479 e. The molecular weight excluding hydrogens is 262 g/mol. The maximum absolute atomic E-state index is 10.7. The predicted octanol–water partition coefficient (Wildman–Crippen LogP) is 1.57. The number of carboxylic acids is 1. The van der Waals surface area contributed by atoms with E-state index in [4.69, 9.17) is 5.11 Å². The zero-order valence-corrected chi connectivity index (χ0v) is 10.0. The Labute approximate surface area is 96.1 Å². The molecule has 1 aromatic heterocycles. The van der Waals surface area contributed by atoms with Crippen LogP contribution in [0.15, 0.2) is 22.9 Å². The molecule has 1 rings (SSSR count). The van der Waals surface area contributed by atoms with Gasteiger partial charge in [-0.1, -0.05) is 13.8 Å². The Morgan fingerprint density at radius 3 is 2.60 bits per heavy atom. The lowest BCUT2D eigenvalue weighted by atomic mass is 9.80. The lowest BCUT2D eigenvalue weighted by Crippen LogP contribution is -2.39. The van der Waals surface area contributed by atoms with E-state index in [1.165, 1.54) is 0 Å². The zero-order chi connectivity index (χ0) is 11.6. The average molecular weight is 274 g/mol. The van der Waals surface area contributed by atoms with Crippen LogP contribution in [-0.2, 0) is 10.2 Å². The molecule has 0 aromatic carbocycles. The largest absolute Gasteiger partial charge is 0.479 e. The number of pyridine rings is 1. The van der Waals surface area contributed by atoms with Crippen LogP contribution in [0.4, 0.5) is 0 Å². The van der Waals surface area contributed by atoms with Gasteiger partial charge in [0.2, 0.25) is 0 Å². The van der Waals surface area contributed by atoms with Crippen LogP contribution in [0, 0.1) is 0 Å². The van der Waals surface area contributed by atoms with Gasteiger partial charge in [0.05, 0.1) is 0 Å². The van der Waals surface area contributed by atoms with Gasteiger partial charge < -0.3 is 10.2 Å². The number of aliphatic carboxylic acids is 1. The maximum atomic E-state index is 10.7. The second-order valence-corrected chi connectivity index (χ2v) is 4.77. The molecule has 0 fully saturated rings. The van der Waals surface area contributed by atoms with Crippen molar-refractivity contribution in [3.8, 4) is 0 Å². The monoisotopic (exact) mass is 273 g/mol. The minimum absolute atomic E-state index is 0.673. The number of halogens is 1. The molecule has 0 bridgehead atoms. The van der Waals surface area contributed by atoms with Crippen LogP contribution in [-0.4, -0.2) is 27.3 Å². The van der Waals surface area contributed by atoms with Gasteiger partial charge in [-0.15, -0.1) is 0 Å². The molecule has 1 heterocycles. The van der Waals surface area contributed by atoms with Gasteiger partial charge in [0.15, 0.2) is 6.10 Å². The predicted molar refractivity (Wildman–Crippen MR) is 58.6 cm³/mol. The summed E-state index contributed by atoms with van der Waals surface area (Å²) >= 11 is 3.25. The fourth-order valence-corrected chi connectivity index (χ4v) is 1.60. The zero-order valence-electron chi connectivity index (χ0n) is 8.44. The first kappa shape index (κ1) is 12.1. The first-order valence-electron chi connectivity index (χ1n) is 4.37. The van der Waals surface area contributed by atoms with Gasteiger partial charge >= 0.3 is 5.97 Å². The van der Waals surface area contributed by atoms with Crippen molar-refractivity contribution in [2.24, 2.45) is 0 Å². The Morgan fingerprint density at radius 1 is 1.53 bits per heavy atom. The van der Waals surface area contributed by atoms with Gasteiger partial charge in [-0.05, 0) is 27.6 Å². The second kappa shape index (κ2) is 4.28. The number of carbonyl (C=O) groups is 1. The summed E-state index contributed by atoms with van der Waals surface area (Å²) in [5.41, 5.74) is -0.199. The lowest BCUT2D eigenvalue weighted by Gasteiger charge is -2.27. The van der Waals surface area contributed by atoms with Crippen molar-refractivity contribution < 1.29 is 15.0 Å². The van der Waals surface area contributed by atoms with Crippen LogP contribution in [0.3, 0.4) is 0 Å². The molecule has 0 spiro atoms. The third-order valence-electron chi connectivity index (χ3n) is 2.37. The van der Waals surface area contributed by atoms with E-state index in [2.05, 4.69) is 20.9 Å². The highest BCUT2D eigenvalue weighted by atomic mass is 79.9. The van der Waals surface area contributed by atoms with E-state index in [0.29, 0.717) is 5.56 Å². The van der Waals surface area contributed by atoms with Gasteiger partial charge in [-0.25, -0.2) is 4.79 Å². The van der Waals surface area contributed by atoms with Crippen LogP contribution in [0.1, 0.15) is 19.4 Å². The summed E-state index contributed by atoms with van der Waals surface area (Å²) in [6.45, 7) is 3.32. The normalized spacial score (nSPS) is 13.6. The van der Waals surface area contributed by atoms with Crippen LogP contribution in [0.2, 0.25) is 0 Å². The number of hydrogen-bond acceptors (Lipinski definition) is 3. The highest BCUT2D eigenvalue weighted by Crippen LogP contribution is 2.28. The number of carboxylic acid groups (broad SMARTS) is 1. The van der Waals surface area contributed by atoms with Crippen molar-refractivity contribution in [3.05, 3.63) is 28.5 Å². The number of nitrogens with zero attached hydrogens (tertiary/aromatic N) is 1. The Kier molecular flexibility index (Phi) is 3.46. The molecule has 0 aliphatic heterocycles. The van der Waals surface area contributed by atoms with E-state index in [0.717, 1.165) is 4.47 Å². The third kappa shape index (κ3) is 2.54. The van der Waals surface area contributed by atoms with Gasteiger partial charge in [0.1, 0.15) is 0 Å². The summed E-state index contributed by atoms with van der Waals surface area (Å²) < 4.78 is 0.755. The van der Waals surface area contributed by atoms with Crippen molar-refractivity contribution in [3.63, 3.8) is 0 Å². The highest BCUT2D eigenvalue weighted by Gasteiger charge is 2.35. The molecular formula is C10H12BrNO3. The van der Waals surface area contributed by atoms with Crippen molar-refractivity contribution >= 4 is 21.9 Å². The summed E-state index contributed by atoms with van der Waals surface area (Å²) in [7, 11) is 0. The molecule has 0 amide bonds. The lowest BCUT2D eigenvalue weighted by molar-refractivity contribution is -0.150. The van der Waals surface area contributed by atoms with Crippen molar-refractivity contribution in [1.82, 2.24) is 4.98 Å². The van der Waals surface area contributed by atoms with Crippen LogP contribution < -0.4 is 0 Å². The molecule has 1 atom stereocenters. The van der Waals surface area contributed by atoms with Gasteiger partial charge in [0.25, 0.3) is 0 Å². The molecule has 0 saturated carbocycles. The molecule has 0 aliphatic carbocycles. The highest BCUT2D eigenvalue weighted by molar-refractivity contribution is 9.10. The maximum Gasteiger partial charge on any atom is 0.333 e. The van der Waals surface area contributed by atoms with E-state index in [1.807, 2.05) is 0 Å². The summed E-state index contributed by atoms with van der Waals surface area (Å²) in [6, 6.07) is 1.75. The van der Waals surface area contributed by atoms with Gasteiger partial charge in [-0.2, -0.15) is 0 Å². The third-order valence-corrected chi connectivity index (χ3v) is 2.80. The van der Waals surface area contributed by atoms with E-state index < -0.39 is 17.5 Å². The molecule has 82 valence electrons. The van der Waals surface area contributed by atoms with Crippen LogP contribution >= 0.6 is 15.9 Å². The molecule has 2 N–H and O–H groups in total. The summed E-state index contributed by atoms with van der Waals surface area (Å²) in [6.07, 6.45) is 1.71. The molecule has 0 aliphatic rings. The Morgan fingerprint density at radius 2 is 2.13 bits per heavy atom. The van der Waals surface area contributed by atoms with Crippen molar-refractivity contribution in [2.75, 3.05) is 0 Å². The number of rotatable bonds is 3. The Hall–Kier alpha value is -0.940. The van der Waals surface area contributed by atoms with E-state index in [1.54, 1.807) is 32.3 Å². The van der Waals surface area contributed by atoms with Crippen molar-refractivity contribution in [2.45, 2.75) is 25.4 Å². The molecule has 5 heteroatoms. The molecule has 15 heavy (non-hydrogen) atoms. The Bertz CT molecular complexity index is 379. The van der Waals surface area contributed by atoms with Gasteiger partial charge in [-0.3, -0.25) is 4.98 Å². The van der Waals surface area contributed by atoms with Gasteiger partial charge in [0, 0.05) is 22.3 Å². The quantitative estimate of drug-likeness (QED) is 0.877. The fraction of sp³-hybridized carbons (Fsp3) is 0.400. The fourth-order valence-electron chi connectivity index (χ4n) is 1.23. The summed E-state index contributed by atoms with van der Waals surface area (Å²) in [5, 5.41) is 18.3. The molecule has 0 saturated heterocycles. The summed E-state index contributed by atoms with van der Waals surface area (Å²) in [5.74, 6) is -1.24. The second-order valence-electron chi connectivity index (χ2n) is 3.85. The van der Waals surface area contributed by atoms with Crippen LogP contribution in [0.5, 0.6) is 0 Å². The van der Waals surface area contributed by atoms with Crippen LogP contribution in [0.25, 0.3) is 0 Å². The number of aromatic nitrogens is 1. The molecule has 1 unspecified atom stereocenters. The smallest absolute Gasteiger partial charge is 0.333 e. The van der Waals surface area contributed by atoms with Crippen molar-refractivity contribution in [1.29, 1.82) is 0 Å². The minimum atomic E-state index is -1.45. The number of hydrogen-bond donors (Lipinski definition) is 2. The standard InChI is InChI=1S/C10H12BrNO3/c1-10(2,8(13)9(14)15)6-3-7(11)5-12-4-6/h3-5,8,13H,1-2H3,(H,14,15). The topological polar surface area (TPSA) is 70.4 Å². The van der Waals surface area contributed by atoms with E-state index in [9.17, 15) is 9.90 Å². The first-order valence-corrected chi connectivity index (χ1v) is 5.17. The Balaban J connectivity index is 3.10. The molecule has 1 aromatic rings. The molecule has 4 nitrogen and oxygen atoms in total. The molecule has 0 radical (unpaired) electrons. The number of aliphatic hydroxyl groups excluding tert-OH is 1.